The fourth-order valence-corrected chi connectivity index (χ4v) is 1.94. The van der Waals surface area contributed by atoms with Crippen molar-refractivity contribution in [2.75, 3.05) is 6.61 Å². The maximum absolute atomic E-state index is 11.2. The fourth-order valence-electron chi connectivity index (χ4n) is 1.94. The first-order chi connectivity index (χ1) is 9.42. The highest BCUT2D eigenvalue weighted by Gasteiger charge is 2.44. The van der Waals surface area contributed by atoms with E-state index in [2.05, 4.69) is 0 Å². The number of hydrogen-bond acceptors (Lipinski definition) is 8. The van der Waals surface area contributed by atoms with Gasteiger partial charge in [-0.1, -0.05) is 0 Å². The van der Waals surface area contributed by atoms with Crippen LogP contribution >= 0.6 is 0 Å². The first kappa shape index (κ1) is 14.9. The molecule has 0 aliphatic carbocycles. The van der Waals surface area contributed by atoms with Gasteiger partial charge in [0, 0.05) is 6.07 Å². The zero-order valence-electron chi connectivity index (χ0n) is 10.7. The number of hydrogen-bond donors (Lipinski definition) is 4. The normalized spacial score (nSPS) is 34.0. The standard InChI is InChI=1S/C12H16O8/c1-5-2-6(3-8(14)18-5)19-12-11(17)10(16)9(15)7(4-13)20-12/h2-3,7,9-13,15-17H,4H2,1H3. The van der Waals surface area contributed by atoms with E-state index in [9.17, 15) is 20.1 Å². The zero-order valence-corrected chi connectivity index (χ0v) is 10.7. The maximum atomic E-state index is 11.2. The smallest absolute Gasteiger partial charge is 0.339 e. The molecule has 4 N–H and O–H groups in total. The van der Waals surface area contributed by atoms with Crippen molar-refractivity contribution < 1.29 is 34.3 Å². The molecule has 1 aliphatic heterocycles. The summed E-state index contributed by atoms with van der Waals surface area (Å²) < 4.78 is 15.2. The van der Waals surface area contributed by atoms with Crippen LogP contribution in [0.3, 0.4) is 0 Å². The van der Waals surface area contributed by atoms with E-state index in [-0.39, 0.29) is 5.75 Å². The fraction of sp³-hybridized carbons (Fsp3) is 0.583. The topological polar surface area (TPSA) is 130 Å². The summed E-state index contributed by atoms with van der Waals surface area (Å²) in [7, 11) is 0. The molecule has 0 aromatic carbocycles. The molecule has 0 radical (unpaired) electrons. The molecule has 2 heterocycles. The third kappa shape index (κ3) is 3.00. The first-order valence-electron chi connectivity index (χ1n) is 6.01. The first-order valence-corrected chi connectivity index (χ1v) is 6.01. The van der Waals surface area contributed by atoms with Gasteiger partial charge in [-0.05, 0) is 6.92 Å². The van der Waals surface area contributed by atoms with E-state index in [1.54, 1.807) is 6.92 Å². The molecule has 0 amide bonds. The van der Waals surface area contributed by atoms with Crippen LogP contribution in [0, 0.1) is 6.92 Å². The van der Waals surface area contributed by atoms with Gasteiger partial charge in [0.1, 0.15) is 35.9 Å². The van der Waals surface area contributed by atoms with Gasteiger partial charge in [0.15, 0.2) is 0 Å². The summed E-state index contributed by atoms with van der Waals surface area (Å²) in [5.41, 5.74) is -0.635. The van der Waals surface area contributed by atoms with Crippen LogP contribution in [0.25, 0.3) is 0 Å². The van der Waals surface area contributed by atoms with Gasteiger partial charge >= 0.3 is 5.63 Å². The second-order valence-corrected chi connectivity index (χ2v) is 4.54. The van der Waals surface area contributed by atoms with Gasteiger partial charge in [-0.25, -0.2) is 4.79 Å². The Morgan fingerprint density at radius 2 is 1.90 bits per heavy atom. The molecule has 5 unspecified atom stereocenters. The third-order valence-electron chi connectivity index (χ3n) is 2.97. The second-order valence-electron chi connectivity index (χ2n) is 4.54. The molecular weight excluding hydrogens is 272 g/mol. The van der Waals surface area contributed by atoms with Gasteiger partial charge in [-0.2, -0.15) is 0 Å². The summed E-state index contributed by atoms with van der Waals surface area (Å²) in [6.45, 7) is 0.988. The Hall–Kier alpha value is -1.45. The summed E-state index contributed by atoms with van der Waals surface area (Å²) in [5.74, 6) is 0.389. The molecular formula is C12H16O8. The number of aryl methyl sites for hydroxylation is 1. The monoisotopic (exact) mass is 288 g/mol. The Morgan fingerprint density at radius 3 is 2.50 bits per heavy atom. The maximum Gasteiger partial charge on any atom is 0.339 e. The predicted octanol–water partition coefficient (Wildman–Crippen LogP) is -1.87. The van der Waals surface area contributed by atoms with Crippen LogP contribution in [0.4, 0.5) is 0 Å². The Kier molecular flexibility index (Phi) is 4.41. The molecule has 5 atom stereocenters. The van der Waals surface area contributed by atoms with Crippen molar-refractivity contribution >= 4 is 0 Å². The number of aliphatic hydroxyl groups excluding tert-OH is 4. The van der Waals surface area contributed by atoms with E-state index in [1.165, 1.54) is 6.07 Å². The van der Waals surface area contributed by atoms with Crippen molar-refractivity contribution in [1.82, 2.24) is 0 Å². The molecule has 112 valence electrons. The molecule has 0 bridgehead atoms. The highest BCUT2D eigenvalue weighted by atomic mass is 16.7. The van der Waals surface area contributed by atoms with Crippen LogP contribution in [0.15, 0.2) is 21.3 Å². The van der Waals surface area contributed by atoms with Gasteiger partial charge < -0.3 is 34.3 Å². The van der Waals surface area contributed by atoms with E-state index in [0.29, 0.717) is 5.76 Å². The van der Waals surface area contributed by atoms with Gasteiger partial charge in [0.05, 0.1) is 12.7 Å². The summed E-state index contributed by atoms with van der Waals surface area (Å²) in [6.07, 6.45) is -6.92. The highest BCUT2D eigenvalue weighted by Crippen LogP contribution is 2.23. The number of ether oxygens (including phenoxy) is 2. The lowest BCUT2D eigenvalue weighted by molar-refractivity contribution is -0.277. The molecule has 0 spiro atoms. The summed E-state index contributed by atoms with van der Waals surface area (Å²) in [4.78, 5) is 11.2. The Labute approximate surface area is 113 Å². The van der Waals surface area contributed by atoms with Crippen LogP contribution in [-0.2, 0) is 4.74 Å². The summed E-state index contributed by atoms with van der Waals surface area (Å²) in [6, 6.07) is 2.46. The average Bonchev–Trinajstić information content (AvgIpc) is 2.38. The molecule has 0 saturated carbocycles. The molecule has 20 heavy (non-hydrogen) atoms. The minimum Gasteiger partial charge on any atom is -0.462 e. The van der Waals surface area contributed by atoms with Crippen molar-refractivity contribution in [3.8, 4) is 5.75 Å². The third-order valence-corrected chi connectivity index (χ3v) is 2.97. The lowest BCUT2D eigenvalue weighted by Crippen LogP contribution is -2.60. The van der Waals surface area contributed by atoms with Gasteiger partial charge in [0.25, 0.3) is 0 Å². The minimum absolute atomic E-state index is 0.0862. The van der Waals surface area contributed by atoms with Gasteiger partial charge in [0.2, 0.25) is 6.29 Å². The van der Waals surface area contributed by atoms with E-state index >= 15 is 0 Å². The lowest BCUT2D eigenvalue weighted by Gasteiger charge is -2.39. The van der Waals surface area contributed by atoms with Crippen LogP contribution in [0.2, 0.25) is 0 Å². The lowest BCUT2D eigenvalue weighted by atomic mass is 9.99. The SMILES string of the molecule is Cc1cc(OC2OC(CO)C(O)C(O)C2O)cc(=O)o1. The minimum atomic E-state index is -1.54. The van der Waals surface area contributed by atoms with Crippen molar-refractivity contribution in [3.05, 3.63) is 28.3 Å². The van der Waals surface area contributed by atoms with E-state index < -0.39 is 42.9 Å². The molecule has 1 saturated heterocycles. The molecule has 8 nitrogen and oxygen atoms in total. The molecule has 1 aromatic rings. The molecule has 1 fully saturated rings. The predicted molar refractivity (Wildman–Crippen MR) is 64.1 cm³/mol. The van der Waals surface area contributed by atoms with Crippen LogP contribution < -0.4 is 10.4 Å². The highest BCUT2D eigenvalue weighted by molar-refractivity contribution is 5.20. The molecule has 8 heteroatoms. The van der Waals surface area contributed by atoms with Crippen molar-refractivity contribution in [3.63, 3.8) is 0 Å². The van der Waals surface area contributed by atoms with Crippen LogP contribution in [0.5, 0.6) is 5.75 Å². The van der Waals surface area contributed by atoms with Crippen LogP contribution in [-0.4, -0.2) is 57.7 Å². The summed E-state index contributed by atoms with van der Waals surface area (Å²) >= 11 is 0. The van der Waals surface area contributed by atoms with Crippen molar-refractivity contribution in [1.29, 1.82) is 0 Å². The number of rotatable bonds is 3. The molecule has 1 aliphatic rings. The molecule has 1 aromatic heterocycles. The van der Waals surface area contributed by atoms with Gasteiger partial charge in [-0.3, -0.25) is 0 Å². The van der Waals surface area contributed by atoms with E-state index in [0.717, 1.165) is 6.07 Å². The quantitative estimate of drug-likeness (QED) is 0.509. The molecule has 2 rings (SSSR count). The number of aliphatic hydroxyl groups is 4. The van der Waals surface area contributed by atoms with Crippen molar-refractivity contribution in [2.24, 2.45) is 0 Å². The largest absolute Gasteiger partial charge is 0.462 e. The van der Waals surface area contributed by atoms with Crippen LogP contribution in [0.1, 0.15) is 5.76 Å². The Balaban J connectivity index is 2.17. The van der Waals surface area contributed by atoms with E-state index in [4.69, 9.17) is 19.0 Å². The second kappa shape index (κ2) is 5.90. The summed E-state index contributed by atoms with van der Waals surface area (Å²) in [5, 5.41) is 38.0. The van der Waals surface area contributed by atoms with E-state index in [1.807, 2.05) is 0 Å². The Morgan fingerprint density at radius 1 is 1.20 bits per heavy atom. The van der Waals surface area contributed by atoms with Gasteiger partial charge in [-0.15, -0.1) is 0 Å². The Bertz CT molecular complexity index is 510. The average molecular weight is 288 g/mol. The zero-order chi connectivity index (χ0) is 14.9. The van der Waals surface area contributed by atoms with Crippen molar-refractivity contribution in [2.45, 2.75) is 37.6 Å².